The Balaban J connectivity index is 2.30. The van der Waals surface area contributed by atoms with Crippen molar-refractivity contribution in [3.05, 3.63) is 17.5 Å². The zero-order chi connectivity index (χ0) is 13.3. The SMILES string of the molecule is CCC1CCC(C)N1C(CN)c1cn(C)nc1C. The van der Waals surface area contributed by atoms with Gasteiger partial charge >= 0.3 is 0 Å². The first kappa shape index (κ1) is 13.6. The Kier molecular flexibility index (Phi) is 4.07. The van der Waals surface area contributed by atoms with Crippen molar-refractivity contribution in [2.45, 2.75) is 58.2 Å². The van der Waals surface area contributed by atoms with E-state index in [1.807, 2.05) is 11.7 Å². The number of hydrogen-bond donors (Lipinski definition) is 1. The van der Waals surface area contributed by atoms with E-state index in [4.69, 9.17) is 5.73 Å². The summed E-state index contributed by atoms with van der Waals surface area (Å²) in [5, 5.41) is 4.46. The van der Waals surface area contributed by atoms with Crippen LogP contribution >= 0.6 is 0 Å². The molecule has 1 fully saturated rings. The molecular formula is C14H26N4. The van der Waals surface area contributed by atoms with Crippen LogP contribution in [0.1, 0.15) is 50.4 Å². The van der Waals surface area contributed by atoms with Crippen LogP contribution in [0, 0.1) is 6.92 Å². The van der Waals surface area contributed by atoms with Crippen LogP contribution in [0.15, 0.2) is 6.20 Å². The highest BCUT2D eigenvalue weighted by Crippen LogP contribution is 2.35. The number of aromatic nitrogens is 2. The van der Waals surface area contributed by atoms with Gasteiger partial charge in [-0.2, -0.15) is 5.10 Å². The van der Waals surface area contributed by atoms with Crippen LogP contribution in [0.3, 0.4) is 0 Å². The van der Waals surface area contributed by atoms with Gasteiger partial charge in [0.2, 0.25) is 0 Å². The van der Waals surface area contributed by atoms with E-state index in [-0.39, 0.29) is 0 Å². The summed E-state index contributed by atoms with van der Waals surface area (Å²) in [6.45, 7) is 7.36. The molecule has 4 nitrogen and oxygen atoms in total. The summed E-state index contributed by atoms with van der Waals surface area (Å²) in [4.78, 5) is 2.62. The molecule has 2 heterocycles. The molecule has 0 bridgehead atoms. The molecule has 1 aromatic heterocycles. The monoisotopic (exact) mass is 250 g/mol. The molecular weight excluding hydrogens is 224 g/mol. The van der Waals surface area contributed by atoms with Crippen molar-refractivity contribution < 1.29 is 0 Å². The van der Waals surface area contributed by atoms with E-state index in [1.165, 1.54) is 24.8 Å². The number of nitrogens with two attached hydrogens (primary N) is 1. The standard InChI is InChI=1S/C14H26N4/c1-5-12-7-6-10(2)18(12)14(8-15)13-9-17(4)16-11(13)3/h9-10,12,14H,5-8,15H2,1-4H3. The number of aryl methyl sites for hydroxylation is 2. The van der Waals surface area contributed by atoms with Gasteiger partial charge in [-0.05, 0) is 33.1 Å². The molecule has 0 amide bonds. The maximum Gasteiger partial charge on any atom is 0.0641 e. The molecule has 0 spiro atoms. The van der Waals surface area contributed by atoms with Crippen molar-refractivity contribution in [3.8, 4) is 0 Å². The first-order chi connectivity index (χ1) is 8.58. The van der Waals surface area contributed by atoms with E-state index in [9.17, 15) is 0 Å². The van der Waals surface area contributed by atoms with Gasteiger partial charge in [0.25, 0.3) is 0 Å². The Morgan fingerprint density at radius 2 is 2.22 bits per heavy atom. The molecule has 4 heteroatoms. The van der Waals surface area contributed by atoms with Gasteiger partial charge in [0, 0.05) is 37.4 Å². The lowest BCUT2D eigenvalue weighted by Crippen LogP contribution is -2.41. The summed E-state index contributed by atoms with van der Waals surface area (Å²) in [7, 11) is 1.98. The molecule has 3 unspecified atom stereocenters. The van der Waals surface area contributed by atoms with Gasteiger partial charge in [-0.3, -0.25) is 9.58 Å². The van der Waals surface area contributed by atoms with Crippen LogP contribution in [-0.2, 0) is 7.05 Å². The van der Waals surface area contributed by atoms with Crippen LogP contribution in [0.2, 0.25) is 0 Å². The smallest absolute Gasteiger partial charge is 0.0641 e. The lowest BCUT2D eigenvalue weighted by Gasteiger charge is -2.35. The topological polar surface area (TPSA) is 47.1 Å². The normalized spacial score (nSPS) is 26.7. The molecule has 2 N–H and O–H groups in total. The zero-order valence-corrected chi connectivity index (χ0v) is 12.1. The summed E-state index contributed by atoms with van der Waals surface area (Å²) in [5.41, 5.74) is 8.47. The van der Waals surface area contributed by atoms with Crippen LogP contribution < -0.4 is 5.73 Å². The lowest BCUT2D eigenvalue weighted by molar-refractivity contribution is 0.136. The largest absolute Gasteiger partial charge is 0.329 e. The van der Waals surface area contributed by atoms with Crippen LogP contribution in [0.25, 0.3) is 0 Å². The summed E-state index contributed by atoms with van der Waals surface area (Å²) >= 11 is 0. The van der Waals surface area contributed by atoms with E-state index in [1.54, 1.807) is 0 Å². The molecule has 1 aliphatic rings. The lowest BCUT2D eigenvalue weighted by atomic mass is 10.0. The van der Waals surface area contributed by atoms with Crippen LogP contribution in [0.5, 0.6) is 0 Å². The fourth-order valence-electron chi connectivity index (χ4n) is 3.42. The summed E-state index contributed by atoms with van der Waals surface area (Å²) in [6, 6.07) is 1.62. The molecule has 0 aromatic carbocycles. The second kappa shape index (κ2) is 5.41. The summed E-state index contributed by atoms with van der Waals surface area (Å²) in [6.07, 6.45) is 5.92. The average molecular weight is 250 g/mol. The minimum atomic E-state index is 0.321. The molecule has 1 aromatic rings. The van der Waals surface area contributed by atoms with Gasteiger partial charge in [0.15, 0.2) is 0 Å². The van der Waals surface area contributed by atoms with Gasteiger partial charge in [-0.25, -0.2) is 0 Å². The second-order valence-electron chi connectivity index (χ2n) is 5.53. The van der Waals surface area contributed by atoms with E-state index >= 15 is 0 Å². The Morgan fingerprint density at radius 3 is 2.72 bits per heavy atom. The second-order valence-corrected chi connectivity index (χ2v) is 5.53. The quantitative estimate of drug-likeness (QED) is 0.889. The minimum Gasteiger partial charge on any atom is -0.329 e. The molecule has 1 aliphatic heterocycles. The molecule has 102 valence electrons. The van der Waals surface area contributed by atoms with Gasteiger partial charge in [-0.1, -0.05) is 6.92 Å². The predicted octanol–water partition coefficient (Wildman–Crippen LogP) is 1.99. The molecule has 0 radical (unpaired) electrons. The van der Waals surface area contributed by atoms with Crippen molar-refractivity contribution in [2.75, 3.05) is 6.54 Å². The highest BCUT2D eigenvalue weighted by atomic mass is 15.3. The van der Waals surface area contributed by atoms with E-state index < -0.39 is 0 Å². The van der Waals surface area contributed by atoms with Gasteiger partial charge < -0.3 is 5.73 Å². The maximum absolute atomic E-state index is 6.06. The fraction of sp³-hybridized carbons (Fsp3) is 0.786. The Morgan fingerprint density at radius 1 is 1.50 bits per heavy atom. The first-order valence-electron chi connectivity index (χ1n) is 7.06. The minimum absolute atomic E-state index is 0.321. The van der Waals surface area contributed by atoms with Crippen molar-refractivity contribution in [1.29, 1.82) is 0 Å². The number of likely N-dealkylation sites (tertiary alicyclic amines) is 1. The molecule has 0 saturated carbocycles. The average Bonchev–Trinajstić information content (AvgIpc) is 2.85. The van der Waals surface area contributed by atoms with Crippen LogP contribution in [0.4, 0.5) is 0 Å². The van der Waals surface area contributed by atoms with E-state index in [2.05, 4.69) is 37.0 Å². The summed E-state index contributed by atoms with van der Waals surface area (Å²) < 4.78 is 1.90. The molecule has 1 saturated heterocycles. The predicted molar refractivity (Wildman–Crippen MR) is 74.4 cm³/mol. The third-order valence-electron chi connectivity index (χ3n) is 4.31. The van der Waals surface area contributed by atoms with Gasteiger partial charge in [0.1, 0.15) is 0 Å². The first-order valence-corrected chi connectivity index (χ1v) is 7.06. The Hall–Kier alpha value is -0.870. The van der Waals surface area contributed by atoms with Crippen molar-refractivity contribution >= 4 is 0 Å². The Bertz CT molecular complexity index is 398. The summed E-state index contributed by atoms with van der Waals surface area (Å²) in [5.74, 6) is 0. The number of nitrogens with zero attached hydrogens (tertiary/aromatic N) is 3. The van der Waals surface area contributed by atoms with Crippen LogP contribution in [-0.4, -0.2) is 33.3 Å². The molecule has 2 rings (SSSR count). The molecule has 3 atom stereocenters. The molecule has 18 heavy (non-hydrogen) atoms. The number of rotatable bonds is 4. The van der Waals surface area contributed by atoms with Crippen molar-refractivity contribution in [2.24, 2.45) is 12.8 Å². The zero-order valence-electron chi connectivity index (χ0n) is 12.1. The van der Waals surface area contributed by atoms with Crippen molar-refractivity contribution in [1.82, 2.24) is 14.7 Å². The molecule has 0 aliphatic carbocycles. The fourth-order valence-corrected chi connectivity index (χ4v) is 3.42. The third-order valence-corrected chi connectivity index (χ3v) is 4.31. The van der Waals surface area contributed by atoms with Gasteiger partial charge in [0.05, 0.1) is 11.7 Å². The highest BCUT2D eigenvalue weighted by Gasteiger charge is 2.35. The van der Waals surface area contributed by atoms with E-state index in [0.717, 1.165) is 5.69 Å². The van der Waals surface area contributed by atoms with Crippen molar-refractivity contribution in [3.63, 3.8) is 0 Å². The van der Waals surface area contributed by atoms with Gasteiger partial charge in [-0.15, -0.1) is 0 Å². The van der Waals surface area contributed by atoms with E-state index in [0.29, 0.717) is 24.7 Å². The highest BCUT2D eigenvalue weighted by molar-refractivity contribution is 5.21. The third kappa shape index (κ3) is 2.31. The Labute approximate surface area is 110 Å². The maximum atomic E-state index is 6.06. The number of hydrogen-bond acceptors (Lipinski definition) is 3.